The number of aromatic nitrogens is 1. The summed E-state index contributed by atoms with van der Waals surface area (Å²) in [4.78, 5) is 17.9. The largest absolute Gasteiger partial charge is 0.444 e. The first-order valence-corrected chi connectivity index (χ1v) is 9.42. The van der Waals surface area contributed by atoms with E-state index in [4.69, 9.17) is 4.74 Å². The summed E-state index contributed by atoms with van der Waals surface area (Å²) >= 11 is 1.03. The molecule has 4 nitrogen and oxygen atoms in total. The number of ether oxygens (including phenoxy) is 1. The van der Waals surface area contributed by atoms with Gasteiger partial charge < -0.3 is 9.64 Å². The van der Waals surface area contributed by atoms with Crippen molar-refractivity contribution in [1.29, 1.82) is 0 Å². The maximum atomic E-state index is 12.7. The standard InChI is InChI=1S/C17H23F3N2O2S/c1-16(2,3)24-15(23)22-8-11-6-10(11)7-12(22)4-5-14-21-13(9-25-14)17(18,19)20/h9-12H,4-8H2,1-3H3. The fourth-order valence-electron chi connectivity index (χ4n) is 3.36. The number of rotatable bonds is 3. The molecule has 1 aliphatic carbocycles. The zero-order valence-corrected chi connectivity index (χ0v) is 15.4. The van der Waals surface area contributed by atoms with E-state index in [9.17, 15) is 18.0 Å². The lowest BCUT2D eigenvalue weighted by Gasteiger charge is -2.36. The summed E-state index contributed by atoms with van der Waals surface area (Å²) in [5, 5.41) is 1.52. The van der Waals surface area contributed by atoms with Crippen molar-refractivity contribution in [3.05, 3.63) is 16.1 Å². The first kappa shape index (κ1) is 18.5. The van der Waals surface area contributed by atoms with Crippen molar-refractivity contribution in [2.45, 2.75) is 64.3 Å². The Kier molecular flexibility index (Phi) is 4.77. The van der Waals surface area contributed by atoms with Crippen LogP contribution in [0, 0.1) is 11.8 Å². The number of thiazole rings is 1. The summed E-state index contributed by atoms with van der Waals surface area (Å²) in [6.07, 6.45) is -1.62. The van der Waals surface area contributed by atoms with E-state index in [0.717, 1.165) is 29.6 Å². The maximum Gasteiger partial charge on any atom is 0.434 e. The second kappa shape index (κ2) is 6.45. The molecule has 0 bridgehead atoms. The van der Waals surface area contributed by atoms with Crippen molar-refractivity contribution in [2.24, 2.45) is 11.8 Å². The van der Waals surface area contributed by atoms with E-state index in [2.05, 4.69) is 4.98 Å². The van der Waals surface area contributed by atoms with E-state index in [1.807, 2.05) is 20.8 Å². The molecule has 3 rings (SSSR count). The van der Waals surface area contributed by atoms with Crippen LogP contribution in [-0.4, -0.2) is 34.2 Å². The number of carbonyl (C=O) groups excluding carboxylic acids is 1. The van der Waals surface area contributed by atoms with E-state index in [0.29, 0.717) is 36.2 Å². The molecular weight excluding hydrogens is 353 g/mol. The van der Waals surface area contributed by atoms with Crippen molar-refractivity contribution >= 4 is 17.4 Å². The first-order valence-electron chi connectivity index (χ1n) is 8.54. The van der Waals surface area contributed by atoms with E-state index in [-0.39, 0.29) is 12.1 Å². The average molecular weight is 376 g/mol. The Balaban J connectivity index is 1.62. The molecule has 3 atom stereocenters. The molecule has 140 valence electrons. The lowest BCUT2D eigenvalue weighted by Crippen LogP contribution is -2.47. The van der Waals surface area contributed by atoms with Crippen LogP contribution in [0.4, 0.5) is 18.0 Å². The highest BCUT2D eigenvalue weighted by Crippen LogP contribution is 2.48. The molecule has 0 radical (unpaired) electrons. The van der Waals surface area contributed by atoms with Gasteiger partial charge in [0.15, 0.2) is 5.69 Å². The van der Waals surface area contributed by atoms with Crippen LogP contribution in [0.5, 0.6) is 0 Å². The van der Waals surface area contributed by atoms with Crippen molar-refractivity contribution in [1.82, 2.24) is 9.88 Å². The summed E-state index contributed by atoms with van der Waals surface area (Å²) in [5.41, 5.74) is -1.39. The summed E-state index contributed by atoms with van der Waals surface area (Å²) in [6.45, 7) is 6.18. The van der Waals surface area contributed by atoms with Crippen LogP contribution in [0.15, 0.2) is 5.38 Å². The molecule has 1 saturated carbocycles. The first-order chi connectivity index (χ1) is 11.5. The third-order valence-corrected chi connectivity index (χ3v) is 5.59. The number of carbonyl (C=O) groups is 1. The molecule has 1 saturated heterocycles. The molecule has 2 aliphatic rings. The number of halogens is 3. The lowest BCUT2D eigenvalue weighted by atomic mass is 9.98. The highest BCUT2D eigenvalue weighted by atomic mass is 32.1. The quantitative estimate of drug-likeness (QED) is 0.765. The SMILES string of the molecule is CC(C)(C)OC(=O)N1CC2CC2CC1CCc1nc(C(F)(F)F)cs1. The number of piperidine rings is 1. The number of alkyl halides is 3. The summed E-state index contributed by atoms with van der Waals surface area (Å²) < 4.78 is 43.5. The van der Waals surface area contributed by atoms with Crippen LogP contribution < -0.4 is 0 Å². The summed E-state index contributed by atoms with van der Waals surface area (Å²) in [6, 6.07) is 0.0110. The van der Waals surface area contributed by atoms with Gasteiger partial charge in [0.2, 0.25) is 0 Å². The average Bonchev–Trinajstić information content (AvgIpc) is 3.04. The Hall–Kier alpha value is -1.31. The second-order valence-electron chi connectivity index (χ2n) is 7.94. The Bertz CT molecular complexity index is 639. The van der Waals surface area contributed by atoms with Gasteiger partial charge in [-0.1, -0.05) is 0 Å². The molecule has 1 amide bonds. The van der Waals surface area contributed by atoms with E-state index in [1.54, 1.807) is 4.90 Å². The number of nitrogens with zero attached hydrogens (tertiary/aromatic N) is 2. The third kappa shape index (κ3) is 4.65. The highest BCUT2D eigenvalue weighted by Gasteiger charge is 2.47. The number of amides is 1. The minimum Gasteiger partial charge on any atom is -0.444 e. The molecule has 8 heteroatoms. The van der Waals surface area contributed by atoms with Crippen LogP contribution >= 0.6 is 11.3 Å². The fourth-order valence-corrected chi connectivity index (χ4v) is 4.19. The Labute approximate surface area is 149 Å². The molecule has 2 heterocycles. The highest BCUT2D eigenvalue weighted by molar-refractivity contribution is 7.09. The monoisotopic (exact) mass is 376 g/mol. The van der Waals surface area contributed by atoms with Crippen molar-refractivity contribution in [3.8, 4) is 0 Å². The van der Waals surface area contributed by atoms with Crippen LogP contribution in [0.3, 0.4) is 0 Å². The van der Waals surface area contributed by atoms with Crippen molar-refractivity contribution in [3.63, 3.8) is 0 Å². The van der Waals surface area contributed by atoms with Gasteiger partial charge in [0, 0.05) is 24.4 Å². The van der Waals surface area contributed by atoms with Crippen molar-refractivity contribution < 1.29 is 22.7 Å². The predicted molar refractivity (Wildman–Crippen MR) is 88.4 cm³/mol. The zero-order valence-electron chi connectivity index (χ0n) is 14.6. The molecule has 0 aromatic carbocycles. The van der Waals surface area contributed by atoms with Gasteiger partial charge in [-0.25, -0.2) is 9.78 Å². The van der Waals surface area contributed by atoms with Crippen LogP contribution in [0.25, 0.3) is 0 Å². The van der Waals surface area contributed by atoms with Crippen molar-refractivity contribution in [2.75, 3.05) is 6.54 Å². The smallest absolute Gasteiger partial charge is 0.434 e. The Morgan fingerprint density at radius 1 is 1.32 bits per heavy atom. The van der Waals surface area contributed by atoms with Gasteiger partial charge in [0.1, 0.15) is 5.60 Å². The predicted octanol–water partition coefficient (Wildman–Crippen LogP) is 4.74. The normalized spacial score (nSPS) is 26.3. The van der Waals surface area contributed by atoms with E-state index < -0.39 is 17.5 Å². The minimum absolute atomic E-state index is 0.0110. The molecule has 0 spiro atoms. The molecule has 1 aromatic heterocycles. The number of fused-ring (bicyclic) bond motifs is 1. The molecule has 1 aromatic rings. The van der Waals surface area contributed by atoms with Crippen LogP contribution in [0.2, 0.25) is 0 Å². The van der Waals surface area contributed by atoms with Gasteiger partial charge in [-0.3, -0.25) is 0 Å². The van der Waals surface area contributed by atoms with Gasteiger partial charge in [-0.2, -0.15) is 13.2 Å². The van der Waals surface area contributed by atoms with E-state index in [1.165, 1.54) is 0 Å². The van der Waals surface area contributed by atoms with Gasteiger partial charge in [-0.05, 0) is 51.9 Å². The Morgan fingerprint density at radius 2 is 2.04 bits per heavy atom. The zero-order chi connectivity index (χ0) is 18.4. The topological polar surface area (TPSA) is 42.4 Å². The molecule has 2 fully saturated rings. The van der Waals surface area contributed by atoms with Gasteiger partial charge in [-0.15, -0.1) is 11.3 Å². The Morgan fingerprint density at radius 3 is 2.64 bits per heavy atom. The molecular formula is C17H23F3N2O2S. The number of hydrogen-bond donors (Lipinski definition) is 0. The lowest BCUT2D eigenvalue weighted by molar-refractivity contribution is -0.140. The minimum atomic E-state index is -4.40. The van der Waals surface area contributed by atoms with Gasteiger partial charge >= 0.3 is 12.3 Å². The van der Waals surface area contributed by atoms with Gasteiger partial charge in [0.05, 0.1) is 5.01 Å². The number of hydrogen-bond acceptors (Lipinski definition) is 4. The maximum absolute atomic E-state index is 12.7. The molecule has 0 N–H and O–H groups in total. The van der Waals surface area contributed by atoms with Crippen LogP contribution in [-0.2, 0) is 17.3 Å². The summed E-state index contributed by atoms with van der Waals surface area (Å²) in [5.74, 6) is 1.20. The number of aryl methyl sites for hydroxylation is 1. The fraction of sp³-hybridized carbons (Fsp3) is 0.765. The molecule has 25 heavy (non-hydrogen) atoms. The van der Waals surface area contributed by atoms with Gasteiger partial charge in [0.25, 0.3) is 0 Å². The third-order valence-electron chi connectivity index (χ3n) is 4.68. The molecule has 3 unspecified atom stereocenters. The molecule has 1 aliphatic heterocycles. The number of likely N-dealkylation sites (tertiary alicyclic amines) is 1. The second-order valence-corrected chi connectivity index (χ2v) is 8.88. The van der Waals surface area contributed by atoms with Crippen LogP contribution in [0.1, 0.15) is 50.7 Å². The summed E-state index contributed by atoms with van der Waals surface area (Å²) in [7, 11) is 0. The van der Waals surface area contributed by atoms with E-state index >= 15 is 0 Å².